The molecule has 0 bridgehead atoms. The summed E-state index contributed by atoms with van der Waals surface area (Å²) in [5, 5.41) is 0. The van der Waals surface area contributed by atoms with E-state index in [0.29, 0.717) is 3.92 Å². The van der Waals surface area contributed by atoms with Crippen LogP contribution in [0.5, 0.6) is 0 Å². The molecule has 0 saturated heterocycles. The molecular formula is C15H19I. The molecule has 1 aromatic carbocycles. The van der Waals surface area contributed by atoms with Crippen LogP contribution in [0.1, 0.15) is 31.7 Å². The number of rotatable bonds is 1. The van der Waals surface area contributed by atoms with Crippen LogP contribution in [0.15, 0.2) is 28.4 Å². The number of allylic oxidation sites excluding steroid dienone is 3. The summed E-state index contributed by atoms with van der Waals surface area (Å²) in [6.07, 6.45) is 6.79. The van der Waals surface area contributed by atoms with Gasteiger partial charge >= 0.3 is 109 Å². The van der Waals surface area contributed by atoms with Crippen molar-refractivity contribution >= 4 is 21.2 Å². The predicted octanol–water partition coefficient (Wildman–Crippen LogP) is 4.75. The van der Waals surface area contributed by atoms with Crippen molar-refractivity contribution in [1.82, 2.24) is 0 Å². The van der Waals surface area contributed by atoms with Gasteiger partial charge in [0.15, 0.2) is 0 Å². The van der Waals surface area contributed by atoms with Crippen LogP contribution in [0, 0.1) is 27.7 Å². The SMILES string of the molecule is Cc1cc(C)c(C)c(C2C=CC=C[IH]2)c1C. The number of halogens is 1. The zero-order chi connectivity index (χ0) is 11.7. The molecule has 0 aromatic heterocycles. The number of benzene rings is 1. The maximum atomic E-state index is 2.40. The molecule has 0 radical (unpaired) electrons. The molecule has 1 atom stereocenters. The predicted molar refractivity (Wildman–Crippen MR) is 81.8 cm³/mol. The standard InChI is InChI=1S/C15H19I/c1-10-9-11(2)13(4)15(12(10)3)14-7-5-6-8-16-14/h5-9,14,16H,1-4H3. The summed E-state index contributed by atoms with van der Waals surface area (Å²) in [4.78, 5) is 0. The molecule has 1 heteroatoms. The fraction of sp³-hybridized carbons (Fsp3) is 0.333. The van der Waals surface area contributed by atoms with E-state index in [4.69, 9.17) is 0 Å². The second-order valence-electron chi connectivity index (χ2n) is 4.44. The van der Waals surface area contributed by atoms with Gasteiger partial charge in [0.1, 0.15) is 0 Å². The number of hydrogen-bond donors (Lipinski definition) is 0. The van der Waals surface area contributed by atoms with Crippen LogP contribution < -0.4 is 0 Å². The quantitative estimate of drug-likeness (QED) is 0.516. The zero-order valence-electron chi connectivity index (χ0n) is 10.4. The van der Waals surface area contributed by atoms with Gasteiger partial charge in [-0.15, -0.1) is 0 Å². The van der Waals surface area contributed by atoms with Gasteiger partial charge in [-0.2, -0.15) is 0 Å². The van der Waals surface area contributed by atoms with Crippen molar-refractivity contribution in [2.24, 2.45) is 0 Å². The van der Waals surface area contributed by atoms with Crippen molar-refractivity contribution in [3.8, 4) is 0 Å². The van der Waals surface area contributed by atoms with E-state index in [0.717, 1.165) is 0 Å². The van der Waals surface area contributed by atoms with Gasteiger partial charge < -0.3 is 0 Å². The van der Waals surface area contributed by atoms with E-state index in [1.54, 1.807) is 5.56 Å². The first-order valence-corrected chi connectivity index (χ1v) is 8.36. The van der Waals surface area contributed by atoms with Gasteiger partial charge in [-0.05, 0) is 0 Å². The van der Waals surface area contributed by atoms with Gasteiger partial charge in [0.05, 0.1) is 0 Å². The van der Waals surface area contributed by atoms with E-state index in [2.05, 4.69) is 56.1 Å². The van der Waals surface area contributed by atoms with Gasteiger partial charge in [0, 0.05) is 0 Å². The number of aryl methyl sites for hydroxylation is 2. The number of hydrogen-bond acceptors (Lipinski definition) is 0. The van der Waals surface area contributed by atoms with Crippen molar-refractivity contribution < 1.29 is 0 Å². The summed E-state index contributed by atoms with van der Waals surface area (Å²) in [6, 6.07) is 2.32. The molecule has 1 aliphatic rings. The van der Waals surface area contributed by atoms with Crippen LogP contribution >= 0.6 is 21.2 Å². The van der Waals surface area contributed by atoms with Gasteiger partial charge in [-0.3, -0.25) is 0 Å². The maximum absolute atomic E-state index is 2.40. The Labute approximate surface area is 109 Å². The molecule has 16 heavy (non-hydrogen) atoms. The Bertz CT molecular complexity index is 441. The van der Waals surface area contributed by atoms with Crippen LogP contribution in [0.4, 0.5) is 0 Å². The fourth-order valence-corrected chi connectivity index (χ4v) is 5.14. The molecular weight excluding hydrogens is 307 g/mol. The molecule has 1 unspecified atom stereocenters. The minimum atomic E-state index is -0.0374. The summed E-state index contributed by atoms with van der Waals surface area (Å²) in [5.74, 6) is 0. The fourth-order valence-electron chi connectivity index (χ4n) is 2.22. The molecule has 0 aliphatic carbocycles. The molecule has 0 spiro atoms. The molecule has 0 saturated carbocycles. The van der Waals surface area contributed by atoms with Gasteiger partial charge in [-0.1, -0.05) is 0 Å². The second kappa shape index (κ2) is 4.74. The van der Waals surface area contributed by atoms with Crippen LogP contribution in [0.3, 0.4) is 0 Å². The third kappa shape index (κ3) is 2.10. The molecule has 2 rings (SSSR count). The Hall–Kier alpha value is -0.570. The minimum absolute atomic E-state index is 0.0374. The van der Waals surface area contributed by atoms with Gasteiger partial charge in [0.2, 0.25) is 0 Å². The molecule has 1 heterocycles. The third-order valence-corrected chi connectivity index (χ3v) is 6.26. The monoisotopic (exact) mass is 326 g/mol. The normalized spacial score (nSPS) is 19.6. The first kappa shape index (κ1) is 11.9. The Morgan fingerprint density at radius 2 is 1.56 bits per heavy atom. The first-order chi connectivity index (χ1) is 7.61. The average Bonchev–Trinajstić information content (AvgIpc) is 2.28. The Kier molecular flexibility index (Phi) is 3.53. The molecule has 1 aliphatic heterocycles. The summed E-state index contributed by atoms with van der Waals surface area (Å²) in [5.41, 5.74) is 7.47. The summed E-state index contributed by atoms with van der Waals surface area (Å²) in [6.45, 7) is 9.01. The van der Waals surface area contributed by atoms with Gasteiger partial charge in [0.25, 0.3) is 0 Å². The van der Waals surface area contributed by atoms with Crippen molar-refractivity contribution in [2.75, 3.05) is 0 Å². The average molecular weight is 326 g/mol. The molecule has 1 aromatic rings. The Morgan fingerprint density at radius 1 is 0.938 bits per heavy atom. The third-order valence-electron chi connectivity index (χ3n) is 3.41. The van der Waals surface area contributed by atoms with Crippen molar-refractivity contribution in [2.45, 2.75) is 31.6 Å². The van der Waals surface area contributed by atoms with E-state index >= 15 is 0 Å². The summed E-state index contributed by atoms with van der Waals surface area (Å²) >= 11 is -0.0374. The van der Waals surface area contributed by atoms with E-state index in [1.165, 1.54) is 22.3 Å². The Morgan fingerprint density at radius 3 is 2.06 bits per heavy atom. The van der Waals surface area contributed by atoms with E-state index < -0.39 is 0 Å². The topological polar surface area (TPSA) is 0 Å². The van der Waals surface area contributed by atoms with Crippen molar-refractivity contribution in [3.05, 3.63) is 56.2 Å². The van der Waals surface area contributed by atoms with E-state index in [-0.39, 0.29) is 21.2 Å². The van der Waals surface area contributed by atoms with Crippen LogP contribution in [0.25, 0.3) is 0 Å². The summed E-state index contributed by atoms with van der Waals surface area (Å²) < 4.78 is 3.10. The van der Waals surface area contributed by atoms with Crippen molar-refractivity contribution in [1.29, 1.82) is 0 Å². The summed E-state index contributed by atoms with van der Waals surface area (Å²) in [7, 11) is 0. The van der Waals surface area contributed by atoms with Gasteiger partial charge in [-0.25, -0.2) is 0 Å². The van der Waals surface area contributed by atoms with E-state index in [1.807, 2.05) is 0 Å². The van der Waals surface area contributed by atoms with Crippen molar-refractivity contribution in [3.63, 3.8) is 0 Å². The molecule has 86 valence electrons. The number of alkyl halides is 1. The second-order valence-corrected chi connectivity index (χ2v) is 7.45. The molecule has 0 N–H and O–H groups in total. The Balaban J connectivity index is 2.54. The molecule has 0 amide bonds. The van der Waals surface area contributed by atoms with Crippen LogP contribution in [-0.2, 0) is 0 Å². The zero-order valence-corrected chi connectivity index (χ0v) is 12.7. The van der Waals surface area contributed by atoms with E-state index in [9.17, 15) is 0 Å². The van der Waals surface area contributed by atoms with Crippen LogP contribution in [0.2, 0.25) is 0 Å². The van der Waals surface area contributed by atoms with Crippen LogP contribution in [-0.4, -0.2) is 0 Å². The first-order valence-electron chi connectivity index (χ1n) is 5.67. The molecule has 0 nitrogen and oxygen atoms in total. The molecule has 0 fully saturated rings.